The number of methoxy groups -OCH3 is 1. The third-order valence-electron chi connectivity index (χ3n) is 6.05. The lowest BCUT2D eigenvalue weighted by Crippen LogP contribution is -2.40. The van der Waals surface area contributed by atoms with Crippen LogP contribution in [0.25, 0.3) is 5.69 Å². The summed E-state index contributed by atoms with van der Waals surface area (Å²) in [6.07, 6.45) is 11.2. The number of carbonyl (C=O) groups excluding carboxylic acids is 1. The predicted octanol–water partition coefficient (Wildman–Crippen LogP) is 3.46. The van der Waals surface area contributed by atoms with Crippen LogP contribution in [0.3, 0.4) is 0 Å². The fraction of sp³-hybridized carbons (Fsp3) is 0.545. The fourth-order valence-electron chi connectivity index (χ4n) is 4.43. The molecule has 1 unspecified atom stereocenters. The van der Waals surface area contributed by atoms with Crippen LogP contribution >= 0.6 is 0 Å². The largest absolute Gasteiger partial charge is 0.494 e. The van der Waals surface area contributed by atoms with Gasteiger partial charge in [0.1, 0.15) is 5.75 Å². The van der Waals surface area contributed by atoms with Crippen LogP contribution in [-0.4, -0.2) is 41.7 Å². The lowest BCUT2D eigenvalue weighted by Gasteiger charge is -2.24. The summed E-state index contributed by atoms with van der Waals surface area (Å²) in [7, 11) is 1.66. The maximum Gasteiger partial charge on any atom is 0.244 e. The quantitative estimate of drug-likeness (QED) is 0.831. The van der Waals surface area contributed by atoms with E-state index in [1.165, 1.54) is 32.1 Å². The van der Waals surface area contributed by atoms with E-state index >= 15 is 0 Å². The van der Waals surface area contributed by atoms with Gasteiger partial charge in [0, 0.05) is 24.5 Å². The molecular weight excluding hydrogens is 352 g/mol. The van der Waals surface area contributed by atoms with Crippen molar-refractivity contribution in [2.75, 3.05) is 25.1 Å². The van der Waals surface area contributed by atoms with Crippen LogP contribution in [0.1, 0.15) is 44.2 Å². The minimum absolute atomic E-state index is 0.0658. The zero-order valence-electron chi connectivity index (χ0n) is 16.9. The number of hydrogen-bond donors (Lipinski definition) is 1. The highest BCUT2D eigenvalue weighted by atomic mass is 16.5. The van der Waals surface area contributed by atoms with Crippen LogP contribution in [0.5, 0.6) is 5.75 Å². The molecule has 1 aromatic carbocycles. The van der Waals surface area contributed by atoms with E-state index in [0.717, 1.165) is 48.2 Å². The maximum atomic E-state index is 12.9. The molecule has 0 bridgehead atoms. The minimum atomic E-state index is -0.0658. The Morgan fingerprint density at radius 3 is 2.75 bits per heavy atom. The standard InChI is InChI=1S/C22H30N4O2/c1-16-14-25(15-24-16)20-9-8-18(12-21(20)28-2)26-11-10-19(22(26)27)23-13-17-6-4-3-5-7-17/h8-9,12,14-15,17,19,23H,3-7,10-11,13H2,1-2H3. The Morgan fingerprint density at radius 1 is 1.21 bits per heavy atom. The second kappa shape index (κ2) is 8.35. The molecule has 6 heteroatoms. The van der Waals surface area contributed by atoms with Crippen molar-refractivity contribution in [2.24, 2.45) is 5.92 Å². The number of rotatable bonds is 6. The van der Waals surface area contributed by atoms with Crippen LogP contribution in [-0.2, 0) is 4.79 Å². The van der Waals surface area contributed by atoms with Crippen molar-refractivity contribution in [1.29, 1.82) is 0 Å². The van der Waals surface area contributed by atoms with Gasteiger partial charge >= 0.3 is 0 Å². The number of imidazole rings is 1. The number of aromatic nitrogens is 2. The maximum absolute atomic E-state index is 12.9. The molecule has 1 atom stereocenters. The monoisotopic (exact) mass is 382 g/mol. The Morgan fingerprint density at radius 2 is 2.04 bits per heavy atom. The van der Waals surface area contributed by atoms with Gasteiger partial charge in [0.25, 0.3) is 0 Å². The zero-order valence-corrected chi connectivity index (χ0v) is 16.9. The number of nitrogens with one attached hydrogen (secondary N) is 1. The number of anilines is 1. The Bertz CT molecular complexity index is 826. The Kier molecular flexibility index (Phi) is 5.67. The normalized spacial score (nSPS) is 20.7. The van der Waals surface area contributed by atoms with Crippen LogP contribution in [0.15, 0.2) is 30.7 Å². The summed E-state index contributed by atoms with van der Waals surface area (Å²) < 4.78 is 7.54. The lowest BCUT2D eigenvalue weighted by molar-refractivity contribution is -0.118. The molecule has 28 heavy (non-hydrogen) atoms. The molecule has 2 fully saturated rings. The predicted molar refractivity (Wildman–Crippen MR) is 110 cm³/mol. The number of carbonyl (C=O) groups is 1. The van der Waals surface area contributed by atoms with Gasteiger partial charge in [-0.3, -0.25) is 4.79 Å². The number of benzene rings is 1. The average molecular weight is 383 g/mol. The fourth-order valence-corrected chi connectivity index (χ4v) is 4.43. The first-order valence-electron chi connectivity index (χ1n) is 10.4. The zero-order chi connectivity index (χ0) is 19.5. The molecule has 1 aliphatic carbocycles. The highest BCUT2D eigenvalue weighted by Gasteiger charge is 2.33. The molecule has 1 saturated carbocycles. The summed E-state index contributed by atoms with van der Waals surface area (Å²) in [6, 6.07) is 5.87. The highest BCUT2D eigenvalue weighted by molar-refractivity contribution is 5.99. The summed E-state index contributed by atoms with van der Waals surface area (Å²) >= 11 is 0. The summed E-state index contributed by atoms with van der Waals surface area (Å²) in [4.78, 5) is 19.1. The molecule has 2 aliphatic rings. The van der Waals surface area contributed by atoms with Gasteiger partial charge in [-0.25, -0.2) is 4.98 Å². The van der Waals surface area contributed by atoms with Crippen LogP contribution in [0.4, 0.5) is 5.69 Å². The van der Waals surface area contributed by atoms with E-state index < -0.39 is 0 Å². The van der Waals surface area contributed by atoms with Gasteiger partial charge in [-0.05, 0) is 50.8 Å². The summed E-state index contributed by atoms with van der Waals surface area (Å²) in [5, 5.41) is 3.53. The van der Waals surface area contributed by atoms with E-state index in [1.54, 1.807) is 13.4 Å². The topological polar surface area (TPSA) is 59.4 Å². The third-order valence-corrected chi connectivity index (χ3v) is 6.05. The molecule has 6 nitrogen and oxygen atoms in total. The van der Waals surface area contributed by atoms with Crippen molar-refractivity contribution in [3.05, 3.63) is 36.4 Å². The third kappa shape index (κ3) is 3.92. The van der Waals surface area contributed by atoms with E-state index in [9.17, 15) is 4.79 Å². The number of amides is 1. The molecule has 1 saturated heterocycles. The first-order chi connectivity index (χ1) is 13.7. The van der Waals surface area contributed by atoms with E-state index in [0.29, 0.717) is 0 Å². The second-order valence-electron chi connectivity index (χ2n) is 8.02. The number of nitrogens with zero attached hydrogens (tertiary/aromatic N) is 3. The molecule has 2 heterocycles. The van der Waals surface area contributed by atoms with E-state index in [4.69, 9.17) is 4.74 Å². The SMILES string of the molecule is COc1cc(N2CCC(NCC3CCCCC3)C2=O)ccc1-n1cnc(C)c1. The van der Waals surface area contributed by atoms with Crippen molar-refractivity contribution >= 4 is 11.6 Å². The van der Waals surface area contributed by atoms with Gasteiger partial charge in [-0.1, -0.05) is 19.3 Å². The molecule has 150 valence electrons. The van der Waals surface area contributed by atoms with Gasteiger partial charge in [0.05, 0.1) is 30.9 Å². The molecule has 1 N–H and O–H groups in total. The van der Waals surface area contributed by atoms with Crippen LogP contribution in [0.2, 0.25) is 0 Å². The van der Waals surface area contributed by atoms with E-state index in [2.05, 4.69) is 10.3 Å². The number of ether oxygens (including phenoxy) is 1. The van der Waals surface area contributed by atoms with Gasteiger partial charge in [0.15, 0.2) is 0 Å². The van der Waals surface area contributed by atoms with Crippen molar-refractivity contribution in [3.8, 4) is 11.4 Å². The molecular formula is C22H30N4O2. The van der Waals surface area contributed by atoms with Crippen LogP contribution in [0, 0.1) is 12.8 Å². The van der Waals surface area contributed by atoms with E-state index in [1.807, 2.05) is 40.8 Å². The smallest absolute Gasteiger partial charge is 0.244 e. The first-order valence-corrected chi connectivity index (χ1v) is 10.4. The summed E-state index contributed by atoms with van der Waals surface area (Å²) in [5.41, 5.74) is 2.77. The number of hydrogen-bond acceptors (Lipinski definition) is 4. The molecule has 0 spiro atoms. The molecule has 1 aromatic heterocycles. The molecule has 2 aromatic rings. The van der Waals surface area contributed by atoms with Crippen molar-refractivity contribution in [3.63, 3.8) is 0 Å². The molecule has 4 rings (SSSR count). The van der Waals surface area contributed by atoms with Gasteiger partial charge in [-0.2, -0.15) is 0 Å². The van der Waals surface area contributed by atoms with E-state index in [-0.39, 0.29) is 11.9 Å². The van der Waals surface area contributed by atoms with Crippen molar-refractivity contribution in [2.45, 2.75) is 51.5 Å². The van der Waals surface area contributed by atoms with Crippen molar-refractivity contribution < 1.29 is 9.53 Å². The lowest BCUT2D eigenvalue weighted by atomic mass is 9.89. The Hall–Kier alpha value is -2.34. The Balaban J connectivity index is 1.44. The average Bonchev–Trinajstić information content (AvgIpc) is 3.32. The first kappa shape index (κ1) is 19.0. The summed E-state index contributed by atoms with van der Waals surface area (Å²) in [6.45, 7) is 3.67. The van der Waals surface area contributed by atoms with Gasteiger partial charge < -0.3 is 19.5 Å². The minimum Gasteiger partial charge on any atom is -0.494 e. The second-order valence-corrected chi connectivity index (χ2v) is 8.02. The van der Waals surface area contributed by atoms with Gasteiger partial charge in [-0.15, -0.1) is 0 Å². The molecule has 1 amide bonds. The Labute approximate surface area is 166 Å². The molecule has 1 aliphatic heterocycles. The van der Waals surface area contributed by atoms with Gasteiger partial charge in [0.2, 0.25) is 5.91 Å². The van der Waals surface area contributed by atoms with Crippen LogP contribution < -0.4 is 15.0 Å². The summed E-state index contributed by atoms with van der Waals surface area (Å²) in [5.74, 6) is 1.64. The van der Waals surface area contributed by atoms with Crippen molar-refractivity contribution in [1.82, 2.24) is 14.9 Å². The molecule has 0 radical (unpaired) electrons. The highest BCUT2D eigenvalue weighted by Crippen LogP contribution is 2.31. The number of aryl methyl sites for hydroxylation is 1.